The van der Waals surface area contributed by atoms with Gasteiger partial charge >= 0.3 is 0 Å². The third-order valence-corrected chi connectivity index (χ3v) is 4.77. The lowest BCUT2D eigenvalue weighted by molar-refractivity contribution is 0.266. The van der Waals surface area contributed by atoms with Gasteiger partial charge in [0.2, 0.25) is 0 Å². The van der Waals surface area contributed by atoms with Crippen molar-refractivity contribution in [2.75, 3.05) is 18.1 Å². The van der Waals surface area contributed by atoms with Gasteiger partial charge in [0, 0.05) is 13.1 Å². The van der Waals surface area contributed by atoms with E-state index in [1.165, 1.54) is 0 Å². The van der Waals surface area contributed by atoms with Crippen molar-refractivity contribution < 1.29 is 5.11 Å². The van der Waals surface area contributed by atoms with Gasteiger partial charge in [-0.15, -0.1) is 0 Å². The minimum Gasteiger partial charge on any atom is -0.394 e. The number of aliphatic hydroxyl groups is 1. The molecular weight excluding hydrogens is 302 g/mol. The fraction of sp³-hybridized carbons (Fsp3) is 0.722. The molecule has 0 radical (unpaired) electrons. The molecule has 1 fully saturated rings. The molecular formula is C18H29N5O. The molecule has 2 aromatic rings. The molecule has 1 aliphatic rings. The van der Waals surface area contributed by atoms with Gasteiger partial charge in [-0.1, -0.05) is 27.2 Å². The third-order valence-electron chi connectivity index (χ3n) is 4.77. The van der Waals surface area contributed by atoms with Gasteiger partial charge in [0.15, 0.2) is 5.65 Å². The van der Waals surface area contributed by atoms with Crippen LogP contribution in [0.1, 0.15) is 52.1 Å². The molecule has 3 heterocycles. The summed E-state index contributed by atoms with van der Waals surface area (Å²) in [5.41, 5.74) is 2.03. The quantitative estimate of drug-likeness (QED) is 0.845. The van der Waals surface area contributed by atoms with E-state index in [2.05, 4.69) is 35.6 Å². The highest BCUT2D eigenvalue weighted by Gasteiger charge is 2.29. The Morgan fingerprint density at radius 3 is 2.88 bits per heavy atom. The number of aryl methyl sites for hydroxylation is 1. The van der Waals surface area contributed by atoms with Crippen LogP contribution in [0.3, 0.4) is 0 Å². The van der Waals surface area contributed by atoms with Crippen LogP contribution in [0.5, 0.6) is 0 Å². The second-order valence-electron chi connectivity index (χ2n) is 7.19. The van der Waals surface area contributed by atoms with Crippen LogP contribution in [0.15, 0.2) is 6.33 Å². The fourth-order valence-corrected chi connectivity index (χ4v) is 3.58. The fourth-order valence-electron chi connectivity index (χ4n) is 3.58. The Labute approximate surface area is 143 Å². The molecule has 0 bridgehead atoms. The van der Waals surface area contributed by atoms with E-state index in [0.29, 0.717) is 5.92 Å². The van der Waals surface area contributed by atoms with Crippen LogP contribution in [0.2, 0.25) is 0 Å². The monoisotopic (exact) mass is 331 g/mol. The Kier molecular flexibility index (Phi) is 5.33. The Bertz CT molecular complexity index is 681. The van der Waals surface area contributed by atoms with Crippen molar-refractivity contribution in [3.05, 3.63) is 12.0 Å². The lowest BCUT2D eigenvalue weighted by atomic mass is 10.1. The maximum absolute atomic E-state index is 9.70. The summed E-state index contributed by atoms with van der Waals surface area (Å²) >= 11 is 0. The number of unbranched alkanes of at least 4 members (excludes halogenated alkanes) is 1. The van der Waals surface area contributed by atoms with Crippen molar-refractivity contribution in [2.45, 2.75) is 65.5 Å². The molecule has 0 amide bonds. The van der Waals surface area contributed by atoms with E-state index in [1.807, 2.05) is 4.68 Å². The third kappa shape index (κ3) is 3.24. The second-order valence-corrected chi connectivity index (χ2v) is 7.19. The zero-order chi connectivity index (χ0) is 17.1. The number of fused-ring (bicyclic) bond motifs is 1. The molecule has 3 rings (SSSR count). The van der Waals surface area contributed by atoms with Gasteiger partial charge in [-0.25, -0.2) is 14.6 Å². The van der Waals surface area contributed by atoms with Crippen molar-refractivity contribution in [3.63, 3.8) is 0 Å². The average molecular weight is 331 g/mol. The Hall–Kier alpha value is -1.69. The van der Waals surface area contributed by atoms with Gasteiger partial charge < -0.3 is 10.0 Å². The summed E-state index contributed by atoms with van der Waals surface area (Å²) in [6.45, 7) is 8.63. The van der Waals surface area contributed by atoms with Crippen molar-refractivity contribution >= 4 is 16.9 Å². The van der Waals surface area contributed by atoms with Gasteiger partial charge in [-0.3, -0.25) is 0 Å². The van der Waals surface area contributed by atoms with E-state index in [-0.39, 0.29) is 12.6 Å². The van der Waals surface area contributed by atoms with E-state index in [9.17, 15) is 5.11 Å². The highest BCUT2D eigenvalue weighted by atomic mass is 16.3. The number of aromatic nitrogens is 4. The molecule has 1 aliphatic heterocycles. The Morgan fingerprint density at radius 1 is 1.33 bits per heavy atom. The number of nitrogens with zero attached hydrogens (tertiary/aromatic N) is 5. The van der Waals surface area contributed by atoms with Gasteiger partial charge in [-0.2, -0.15) is 5.10 Å². The average Bonchev–Trinajstić information content (AvgIpc) is 3.17. The first-order valence-corrected chi connectivity index (χ1v) is 9.23. The SMILES string of the molecule is CCCCn1nc(CC(C)C)c2c(N3CCC[C@@H]3CO)ncnc21. The normalized spacial score (nSPS) is 18.2. The van der Waals surface area contributed by atoms with Crippen molar-refractivity contribution in [1.82, 2.24) is 19.7 Å². The number of rotatable bonds is 7. The molecule has 6 nitrogen and oxygen atoms in total. The lowest BCUT2D eigenvalue weighted by Crippen LogP contribution is -2.33. The molecule has 0 saturated carbocycles. The molecule has 1 atom stereocenters. The van der Waals surface area contributed by atoms with Gasteiger partial charge in [0.05, 0.1) is 23.7 Å². The highest BCUT2D eigenvalue weighted by Crippen LogP contribution is 2.32. The zero-order valence-electron chi connectivity index (χ0n) is 15.1. The van der Waals surface area contributed by atoms with E-state index < -0.39 is 0 Å². The first-order valence-electron chi connectivity index (χ1n) is 9.23. The minimum absolute atomic E-state index is 0.161. The van der Waals surface area contributed by atoms with Crippen molar-refractivity contribution in [1.29, 1.82) is 0 Å². The van der Waals surface area contributed by atoms with Crippen LogP contribution in [-0.2, 0) is 13.0 Å². The van der Waals surface area contributed by atoms with Gasteiger partial charge in [-0.05, 0) is 31.6 Å². The lowest BCUT2D eigenvalue weighted by Gasteiger charge is -2.24. The maximum atomic E-state index is 9.70. The standard InChI is InChI=1S/C18H29N5O/c1-4-5-9-23-18-16(15(21-23)10-13(2)3)17(19-12-20-18)22-8-6-7-14(22)11-24/h12-14,24H,4-11H2,1-3H3/t14-/m1/s1. The molecule has 6 heteroatoms. The topological polar surface area (TPSA) is 67.1 Å². The predicted molar refractivity (Wildman–Crippen MR) is 96.2 cm³/mol. The summed E-state index contributed by atoms with van der Waals surface area (Å²) in [4.78, 5) is 11.4. The summed E-state index contributed by atoms with van der Waals surface area (Å²) in [7, 11) is 0. The second kappa shape index (κ2) is 7.47. The van der Waals surface area contributed by atoms with Gasteiger partial charge in [0.25, 0.3) is 0 Å². The first kappa shape index (κ1) is 17.1. The predicted octanol–water partition coefficient (Wildman–Crippen LogP) is 2.79. The van der Waals surface area contributed by atoms with Crippen LogP contribution in [0.25, 0.3) is 11.0 Å². The molecule has 0 spiro atoms. The number of anilines is 1. The summed E-state index contributed by atoms with van der Waals surface area (Å²) in [6, 6.07) is 0.161. The summed E-state index contributed by atoms with van der Waals surface area (Å²) in [6.07, 6.45) is 6.92. The molecule has 1 N–H and O–H groups in total. The molecule has 24 heavy (non-hydrogen) atoms. The van der Waals surface area contributed by atoms with Crippen molar-refractivity contribution in [2.24, 2.45) is 5.92 Å². The number of hydrogen-bond donors (Lipinski definition) is 1. The van der Waals surface area contributed by atoms with E-state index in [4.69, 9.17) is 5.10 Å². The van der Waals surface area contributed by atoms with E-state index in [1.54, 1.807) is 6.33 Å². The summed E-state index contributed by atoms with van der Waals surface area (Å²) in [5, 5.41) is 15.7. The molecule has 132 valence electrons. The molecule has 0 aromatic carbocycles. The molecule has 1 saturated heterocycles. The highest BCUT2D eigenvalue weighted by molar-refractivity contribution is 5.90. The van der Waals surface area contributed by atoms with E-state index in [0.717, 1.165) is 67.7 Å². The number of hydrogen-bond acceptors (Lipinski definition) is 5. The Morgan fingerprint density at radius 2 is 2.17 bits per heavy atom. The number of aliphatic hydroxyl groups excluding tert-OH is 1. The molecule has 0 aliphatic carbocycles. The summed E-state index contributed by atoms with van der Waals surface area (Å²) < 4.78 is 2.05. The first-order chi connectivity index (χ1) is 11.7. The molecule has 0 unspecified atom stereocenters. The summed E-state index contributed by atoms with van der Waals surface area (Å²) in [5.74, 6) is 1.48. The largest absolute Gasteiger partial charge is 0.394 e. The maximum Gasteiger partial charge on any atom is 0.163 e. The van der Waals surface area contributed by atoms with Crippen LogP contribution in [0.4, 0.5) is 5.82 Å². The molecule has 2 aromatic heterocycles. The van der Waals surface area contributed by atoms with Crippen LogP contribution >= 0.6 is 0 Å². The van der Waals surface area contributed by atoms with Crippen LogP contribution in [0, 0.1) is 5.92 Å². The van der Waals surface area contributed by atoms with Gasteiger partial charge in [0.1, 0.15) is 12.1 Å². The zero-order valence-corrected chi connectivity index (χ0v) is 15.1. The minimum atomic E-state index is 0.161. The van der Waals surface area contributed by atoms with Crippen LogP contribution < -0.4 is 4.90 Å². The smallest absolute Gasteiger partial charge is 0.163 e. The Balaban J connectivity index is 2.10. The van der Waals surface area contributed by atoms with Crippen LogP contribution in [-0.4, -0.2) is 44.0 Å². The van der Waals surface area contributed by atoms with E-state index >= 15 is 0 Å². The van der Waals surface area contributed by atoms with Crippen molar-refractivity contribution in [3.8, 4) is 0 Å².